The summed E-state index contributed by atoms with van der Waals surface area (Å²) in [7, 11) is 0. The van der Waals surface area contributed by atoms with Crippen molar-refractivity contribution in [2.45, 2.75) is 18.9 Å². The molecular formula is C19H11F6N5O3S. The van der Waals surface area contributed by atoms with Crippen LogP contribution >= 0.6 is 11.3 Å². The molecule has 0 aliphatic carbocycles. The third-order valence-electron chi connectivity index (χ3n) is 4.46. The van der Waals surface area contributed by atoms with Gasteiger partial charge in [0.05, 0.1) is 12.0 Å². The molecule has 0 atom stereocenters. The second-order valence-corrected chi connectivity index (χ2v) is 7.82. The summed E-state index contributed by atoms with van der Waals surface area (Å²) < 4.78 is 84.3. The molecule has 0 saturated carbocycles. The SMILES string of the molecule is NC(=O)c1sc2nc(C(F)(F)F)cc(-c3ccco3)c2c1NC(=O)Cn1ccc(C(F)(F)F)n1. The van der Waals surface area contributed by atoms with Crippen molar-refractivity contribution in [1.29, 1.82) is 0 Å². The van der Waals surface area contributed by atoms with Crippen LogP contribution in [-0.2, 0) is 23.7 Å². The number of aromatic nitrogens is 3. The third-order valence-corrected chi connectivity index (χ3v) is 5.56. The lowest BCUT2D eigenvalue weighted by atomic mass is 10.1. The lowest BCUT2D eigenvalue weighted by Gasteiger charge is -2.11. The number of nitrogens with one attached hydrogen (secondary N) is 1. The third kappa shape index (κ3) is 4.46. The van der Waals surface area contributed by atoms with E-state index in [1.807, 2.05) is 0 Å². The van der Waals surface area contributed by atoms with E-state index in [4.69, 9.17) is 10.2 Å². The highest BCUT2D eigenvalue weighted by Gasteiger charge is 2.36. The van der Waals surface area contributed by atoms with Gasteiger partial charge >= 0.3 is 12.4 Å². The number of halogens is 6. The molecule has 8 nitrogen and oxygen atoms in total. The highest BCUT2D eigenvalue weighted by Crippen LogP contribution is 2.43. The fourth-order valence-electron chi connectivity index (χ4n) is 3.09. The molecule has 0 fully saturated rings. The lowest BCUT2D eigenvalue weighted by Crippen LogP contribution is -2.21. The molecule has 4 aromatic rings. The maximum atomic E-state index is 13.4. The van der Waals surface area contributed by atoms with Gasteiger partial charge in [0.1, 0.15) is 27.7 Å². The summed E-state index contributed by atoms with van der Waals surface area (Å²) in [5.74, 6) is -1.98. The molecule has 0 aliphatic rings. The number of alkyl halides is 6. The number of fused-ring (bicyclic) bond motifs is 1. The van der Waals surface area contributed by atoms with Crippen LogP contribution in [-0.4, -0.2) is 26.6 Å². The molecule has 34 heavy (non-hydrogen) atoms. The van der Waals surface area contributed by atoms with Crippen LogP contribution in [0, 0.1) is 0 Å². The van der Waals surface area contributed by atoms with Crippen molar-refractivity contribution in [2.24, 2.45) is 5.73 Å². The molecule has 0 aromatic carbocycles. The summed E-state index contributed by atoms with van der Waals surface area (Å²) in [6.07, 6.45) is -7.41. The van der Waals surface area contributed by atoms with Crippen LogP contribution in [0.1, 0.15) is 21.1 Å². The molecule has 15 heteroatoms. The van der Waals surface area contributed by atoms with Crippen LogP contribution in [0.15, 0.2) is 41.1 Å². The number of carbonyl (C=O) groups excluding carboxylic acids is 2. The maximum absolute atomic E-state index is 13.4. The number of thiophene rings is 1. The number of hydrogen-bond acceptors (Lipinski definition) is 6. The van der Waals surface area contributed by atoms with Gasteiger partial charge in [0.25, 0.3) is 5.91 Å². The lowest BCUT2D eigenvalue weighted by molar-refractivity contribution is -0.142. The average molecular weight is 503 g/mol. The minimum Gasteiger partial charge on any atom is -0.464 e. The maximum Gasteiger partial charge on any atom is 0.435 e. The van der Waals surface area contributed by atoms with Gasteiger partial charge in [0, 0.05) is 17.1 Å². The Labute approximate surface area is 189 Å². The fraction of sp³-hybridized carbons (Fsp3) is 0.158. The molecule has 0 saturated heterocycles. The van der Waals surface area contributed by atoms with Gasteiger partial charge in [-0.05, 0) is 24.3 Å². The van der Waals surface area contributed by atoms with E-state index in [1.54, 1.807) is 0 Å². The van der Waals surface area contributed by atoms with E-state index in [9.17, 15) is 35.9 Å². The predicted octanol–water partition coefficient (Wildman–Crippen LogP) is 4.53. The zero-order valence-electron chi connectivity index (χ0n) is 16.5. The van der Waals surface area contributed by atoms with Crippen LogP contribution < -0.4 is 11.1 Å². The second-order valence-electron chi connectivity index (χ2n) is 6.83. The van der Waals surface area contributed by atoms with Crippen LogP contribution in [0.25, 0.3) is 21.5 Å². The average Bonchev–Trinajstić information content (AvgIpc) is 3.46. The molecular weight excluding hydrogens is 492 g/mol. The topological polar surface area (TPSA) is 116 Å². The minimum atomic E-state index is -4.83. The van der Waals surface area contributed by atoms with Gasteiger partial charge in [-0.25, -0.2) is 4.98 Å². The van der Waals surface area contributed by atoms with Gasteiger partial charge in [-0.2, -0.15) is 31.4 Å². The Morgan fingerprint density at radius 2 is 1.82 bits per heavy atom. The van der Waals surface area contributed by atoms with E-state index >= 15 is 0 Å². The van der Waals surface area contributed by atoms with E-state index in [2.05, 4.69) is 15.4 Å². The zero-order valence-corrected chi connectivity index (χ0v) is 17.3. The van der Waals surface area contributed by atoms with E-state index in [0.29, 0.717) is 28.2 Å². The minimum absolute atomic E-state index is 0.0101. The number of carbonyl (C=O) groups is 2. The summed E-state index contributed by atoms with van der Waals surface area (Å²) in [5.41, 5.74) is 2.50. The largest absolute Gasteiger partial charge is 0.464 e. The van der Waals surface area contributed by atoms with E-state index in [-0.39, 0.29) is 32.1 Å². The number of primary amides is 1. The number of furan rings is 1. The Morgan fingerprint density at radius 3 is 2.38 bits per heavy atom. The number of anilines is 1. The molecule has 4 rings (SSSR count). The number of nitrogens with two attached hydrogens (primary N) is 1. The Hall–Kier alpha value is -3.88. The molecule has 0 unspecified atom stereocenters. The molecule has 0 spiro atoms. The highest BCUT2D eigenvalue weighted by molar-refractivity contribution is 7.21. The molecule has 0 radical (unpaired) electrons. The molecule has 2 amide bonds. The van der Waals surface area contributed by atoms with Gasteiger partial charge < -0.3 is 15.5 Å². The molecule has 178 valence electrons. The molecule has 0 aliphatic heterocycles. The number of rotatable bonds is 5. The van der Waals surface area contributed by atoms with Crippen molar-refractivity contribution in [2.75, 3.05) is 5.32 Å². The Morgan fingerprint density at radius 1 is 1.12 bits per heavy atom. The van der Waals surface area contributed by atoms with Gasteiger partial charge in [-0.3, -0.25) is 14.3 Å². The number of amides is 2. The fourth-order valence-corrected chi connectivity index (χ4v) is 4.10. The van der Waals surface area contributed by atoms with Crippen LogP contribution in [0.3, 0.4) is 0 Å². The van der Waals surface area contributed by atoms with Gasteiger partial charge in [-0.1, -0.05) is 0 Å². The van der Waals surface area contributed by atoms with E-state index in [1.165, 1.54) is 18.4 Å². The van der Waals surface area contributed by atoms with Crippen molar-refractivity contribution in [3.8, 4) is 11.3 Å². The summed E-state index contributed by atoms with van der Waals surface area (Å²) in [6.45, 7) is -0.685. The Balaban J connectivity index is 1.80. The second kappa shape index (κ2) is 8.16. The first kappa shape index (κ1) is 23.3. The monoisotopic (exact) mass is 503 g/mol. The van der Waals surface area contributed by atoms with Crippen molar-refractivity contribution >= 4 is 39.1 Å². The number of pyridine rings is 1. The van der Waals surface area contributed by atoms with Crippen LogP contribution in [0.5, 0.6) is 0 Å². The first-order chi connectivity index (χ1) is 15.8. The Kier molecular flexibility index (Phi) is 5.59. The van der Waals surface area contributed by atoms with Gasteiger partial charge in [0.15, 0.2) is 5.69 Å². The first-order valence-electron chi connectivity index (χ1n) is 9.13. The number of nitrogens with zero attached hydrogens (tertiary/aromatic N) is 3. The highest BCUT2D eigenvalue weighted by atomic mass is 32.1. The predicted molar refractivity (Wildman–Crippen MR) is 107 cm³/mol. The first-order valence-corrected chi connectivity index (χ1v) is 9.95. The summed E-state index contributed by atoms with van der Waals surface area (Å²) in [5, 5.41) is 5.54. The molecule has 0 bridgehead atoms. The van der Waals surface area contributed by atoms with E-state index in [0.717, 1.165) is 6.20 Å². The smallest absolute Gasteiger partial charge is 0.435 e. The molecule has 4 aromatic heterocycles. The van der Waals surface area contributed by atoms with Crippen LogP contribution in [0.4, 0.5) is 32.0 Å². The van der Waals surface area contributed by atoms with Gasteiger partial charge in [-0.15, -0.1) is 11.3 Å². The van der Waals surface area contributed by atoms with Crippen LogP contribution in [0.2, 0.25) is 0 Å². The molecule has 3 N–H and O–H groups in total. The number of hydrogen-bond donors (Lipinski definition) is 2. The summed E-state index contributed by atoms with van der Waals surface area (Å²) in [4.78, 5) is 27.5. The normalized spacial score (nSPS) is 12.3. The summed E-state index contributed by atoms with van der Waals surface area (Å²) in [6, 6.07) is 4.14. The Bertz CT molecular complexity index is 1390. The zero-order chi connectivity index (χ0) is 24.8. The van der Waals surface area contributed by atoms with Crippen molar-refractivity contribution in [3.05, 3.63) is 53.0 Å². The standard InChI is InChI=1S/C19H11F6N5O3S/c20-18(21,22)10-3-4-30(29-10)7-12(31)28-14-13-8(9-2-1-5-33-9)6-11(19(23,24)25)27-17(13)34-15(14)16(26)32/h1-6H,7H2,(H2,26,32)(H,28,31). The van der Waals surface area contributed by atoms with E-state index < -0.39 is 42.1 Å². The quantitative estimate of drug-likeness (QED) is 0.389. The van der Waals surface area contributed by atoms with Crippen molar-refractivity contribution < 1.29 is 40.3 Å². The van der Waals surface area contributed by atoms with Crippen molar-refractivity contribution in [1.82, 2.24) is 14.8 Å². The summed E-state index contributed by atoms with van der Waals surface area (Å²) >= 11 is 0.516. The van der Waals surface area contributed by atoms with Gasteiger partial charge in [0.2, 0.25) is 5.91 Å². The van der Waals surface area contributed by atoms with Crippen molar-refractivity contribution in [3.63, 3.8) is 0 Å². The molecule has 4 heterocycles.